The summed E-state index contributed by atoms with van der Waals surface area (Å²) < 4.78 is 0. The lowest BCUT2D eigenvalue weighted by atomic mass is 9.85. The second kappa shape index (κ2) is 19.7. The normalized spacial score (nSPS) is 23.7. The van der Waals surface area contributed by atoms with Crippen molar-refractivity contribution < 1.29 is 68.1 Å². The molecule has 2 heterocycles. The first-order valence-electron chi connectivity index (χ1n) is 19.7. The van der Waals surface area contributed by atoms with Crippen molar-refractivity contribution in [3.8, 4) is 0 Å². The fourth-order valence-electron chi connectivity index (χ4n) is 8.10. The lowest BCUT2D eigenvalue weighted by Crippen LogP contribution is -2.60. The van der Waals surface area contributed by atoms with Crippen molar-refractivity contribution in [1.29, 1.82) is 0 Å². The number of amides is 8. The number of hydrogen-bond donors (Lipinski definition) is 8. The van der Waals surface area contributed by atoms with Gasteiger partial charge >= 0.3 is 17.9 Å². The maximum Gasteiger partial charge on any atom is 0.326 e. The molecule has 0 aromatic carbocycles. The summed E-state index contributed by atoms with van der Waals surface area (Å²) in [4.78, 5) is 142. The molecule has 0 aromatic heterocycles. The summed E-state index contributed by atoms with van der Waals surface area (Å²) in [5, 5.41) is 39.8. The third-order valence-electron chi connectivity index (χ3n) is 11.2. The van der Waals surface area contributed by atoms with E-state index in [9.17, 15) is 63.0 Å². The van der Waals surface area contributed by atoms with Gasteiger partial charge in [-0.3, -0.25) is 52.8 Å². The lowest BCUT2D eigenvalue weighted by molar-refractivity contribution is -0.145. The first-order valence-corrected chi connectivity index (χ1v) is 19.7. The molecule has 1 saturated carbocycles. The molecule has 4 aliphatic rings. The summed E-state index contributed by atoms with van der Waals surface area (Å²) in [6.07, 6.45) is 3.10. The zero-order valence-electron chi connectivity index (χ0n) is 33.3. The molecule has 9 atom stereocenters. The van der Waals surface area contributed by atoms with E-state index in [4.69, 9.17) is 5.11 Å². The average Bonchev–Trinajstić information content (AvgIpc) is 3.97. The van der Waals surface area contributed by atoms with Crippen LogP contribution >= 0.6 is 0 Å². The molecule has 0 spiro atoms. The van der Waals surface area contributed by atoms with Crippen LogP contribution in [0.3, 0.4) is 0 Å². The maximum absolute atomic E-state index is 13.9. The van der Waals surface area contributed by atoms with E-state index in [-0.39, 0.29) is 24.8 Å². The molecule has 3 fully saturated rings. The number of carbonyl (C=O) groups excluding carboxylic acids is 8. The molecule has 2 bridgehead atoms. The number of nitrogens with one attached hydrogen (secondary N) is 5. The fraction of sp³-hybridized carbons (Fsp3) is 0.658. The van der Waals surface area contributed by atoms with E-state index >= 15 is 0 Å². The molecular formula is C38H53N7O14. The predicted octanol–water partition coefficient (Wildman–Crippen LogP) is -2.03. The Morgan fingerprint density at radius 1 is 0.712 bits per heavy atom. The van der Waals surface area contributed by atoms with Gasteiger partial charge in [-0.2, -0.15) is 0 Å². The number of aliphatic carboxylic acids is 3. The number of rotatable bonds is 21. The Morgan fingerprint density at radius 2 is 1.27 bits per heavy atom. The van der Waals surface area contributed by atoms with Crippen molar-refractivity contribution in [3.63, 3.8) is 0 Å². The Kier molecular flexibility index (Phi) is 15.3. The third kappa shape index (κ3) is 11.2. The van der Waals surface area contributed by atoms with E-state index in [0.717, 1.165) is 11.3 Å². The van der Waals surface area contributed by atoms with Crippen molar-refractivity contribution in [1.82, 2.24) is 36.4 Å². The Morgan fingerprint density at radius 3 is 1.80 bits per heavy atom. The Balaban J connectivity index is 1.35. The van der Waals surface area contributed by atoms with E-state index in [1.165, 1.54) is 18.7 Å². The number of allylic oxidation sites excluding steroid dienone is 2. The van der Waals surface area contributed by atoms with E-state index in [0.29, 0.717) is 6.42 Å². The van der Waals surface area contributed by atoms with E-state index in [1.54, 1.807) is 13.8 Å². The zero-order chi connectivity index (χ0) is 43.9. The van der Waals surface area contributed by atoms with Gasteiger partial charge in [0.1, 0.15) is 36.8 Å². The van der Waals surface area contributed by atoms with Gasteiger partial charge in [0.05, 0.1) is 18.4 Å². The van der Waals surface area contributed by atoms with Gasteiger partial charge < -0.3 is 46.8 Å². The molecule has 2 aliphatic carbocycles. The van der Waals surface area contributed by atoms with E-state index in [1.807, 2.05) is 12.2 Å². The van der Waals surface area contributed by atoms with Gasteiger partial charge in [-0.15, -0.1) is 0 Å². The Labute approximate surface area is 339 Å². The fourth-order valence-corrected chi connectivity index (χ4v) is 8.10. The van der Waals surface area contributed by atoms with Crippen LogP contribution in [0, 0.1) is 35.5 Å². The van der Waals surface area contributed by atoms with Crippen LogP contribution in [0.1, 0.15) is 72.6 Å². The smallest absolute Gasteiger partial charge is 0.326 e. The number of fused-ring (bicyclic) bond motifs is 5. The molecule has 21 nitrogen and oxygen atoms in total. The molecule has 59 heavy (non-hydrogen) atoms. The van der Waals surface area contributed by atoms with Crippen LogP contribution in [0.15, 0.2) is 12.2 Å². The molecule has 21 heteroatoms. The monoisotopic (exact) mass is 831 g/mol. The second-order valence-electron chi connectivity index (χ2n) is 16.1. The van der Waals surface area contributed by atoms with Crippen molar-refractivity contribution in [2.24, 2.45) is 35.5 Å². The van der Waals surface area contributed by atoms with Crippen LogP contribution in [-0.4, -0.2) is 140 Å². The number of carboxylic acids is 3. The van der Waals surface area contributed by atoms with Gasteiger partial charge in [-0.25, -0.2) is 4.79 Å². The van der Waals surface area contributed by atoms with Gasteiger partial charge in [0.2, 0.25) is 47.3 Å². The summed E-state index contributed by atoms with van der Waals surface area (Å²) in [5.74, 6) is -12.0. The first-order chi connectivity index (χ1) is 27.7. The maximum atomic E-state index is 13.9. The Hall–Kier alpha value is -5.89. The quantitative estimate of drug-likeness (QED) is 0.0457. The van der Waals surface area contributed by atoms with Crippen molar-refractivity contribution >= 4 is 65.2 Å². The average molecular weight is 832 g/mol. The van der Waals surface area contributed by atoms with Gasteiger partial charge in [-0.05, 0) is 55.8 Å². The predicted molar refractivity (Wildman–Crippen MR) is 201 cm³/mol. The standard InChI is InChI=1S/C38H53N7O14/c1-17(2)30(34(54)41-22(38(58)59)10-12-27(50)51)43-32(52)21(9-11-26(48)49)40-33(53)23-6-5-13-44(23)37(57)31(18(3)4)42-24(46)15-39-25(47)16-45-35(55)28-19-7-8-20(14-19)29(28)36(45)56/h7-8,17-23,28-31H,5-6,9-16H2,1-4H3,(H,39,47)(H,40,53)(H,41,54)(H,42,46)(H,43,52)(H,48,49)(H,50,51)(H,58,59)/t19?,20?,21-,22-,23-,28?,29?,30-,31-/m0/s1. The molecule has 4 unspecified atom stereocenters. The minimum Gasteiger partial charge on any atom is -0.481 e. The number of nitrogens with zero attached hydrogens (tertiary/aromatic N) is 2. The number of carboxylic acid groups (broad SMARTS) is 3. The summed E-state index contributed by atoms with van der Waals surface area (Å²) in [5.41, 5.74) is 0. The minimum absolute atomic E-state index is 0.0332. The highest BCUT2D eigenvalue weighted by molar-refractivity contribution is 6.08. The van der Waals surface area contributed by atoms with Crippen LogP contribution in [-0.2, 0) is 52.7 Å². The lowest BCUT2D eigenvalue weighted by Gasteiger charge is -2.31. The van der Waals surface area contributed by atoms with Crippen LogP contribution in [0.2, 0.25) is 0 Å². The van der Waals surface area contributed by atoms with Crippen molar-refractivity contribution in [2.75, 3.05) is 19.6 Å². The highest BCUT2D eigenvalue weighted by atomic mass is 16.4. The topological polar surface area (TPSA) is 315 Å². The van der Waals surface area contributed by atoms with E-state index < -0.39 is 158 Å². The van der Waals surface area contributed by atoms with Gasteiger partial charge in [0.15, 0.2) is 0 Å². The molecule has 8 amide bonds. The second-order valence-corrected chi connectivity index (χ2v) is 16.1. The van der Waals surface area contributed by atoms with Crippen LogP contribution in [0.5, 0.6) is 0 Å². The number of imide groups is 1. The third-order valence-corrected chi connectivity index (χ3v) is 11.2. The van der Waals surface area contributed by atoms with Crippen LogP contribution in [0.4, 0.5) is 0 Å². The van der Waals surface area contributed by atoms with Crippen LogP contribution in [0.25, 0.3) is 0 Å². The highest BCUT2D eigenvalue weighted by Gasteiger charge is 2.59. The van der Waals surface area contributed by atoms with Gasteiger partial charge in [0.25, 0.3) is 0 Å². The molecule has 0 aromatic rings. The van der Waals surface area contributed by atoms with Crippen LogP contribution < -0.4 is 26.6 Å². The molecular weight excluding hydrogens is 778 g/mol. The highest BCUT2D eigenvalue weighted by Crippen LogP contribution is 2.52. The summed E-state index contributed by atoms with van der Waals surface area (Å²) in [6.45, 7) is 5.33. The van der Waals surface area contributed by atoms with E-state index in [2.05, 4.69) is 26.6 Å². The van der Waals surface area contributed by atoms with Gasteiger partial charge in [0, 0.05) is 19.4 Å². The Bertz CT molecular complexity index is 1730. The largest absolute Gasteiger partial charge is 0.481 e. The summed E-state index contributed by atoms with van der Waals surface area (Å²) in [6, 6.07) is -6.79. The number of hydrogen-bond acceptors (Lipinski definition) is 11. The molecule has 2 saturated heterocycles. The molecule has 8 N–H and O–H groups in total. The number of likely N-dealkylation sites (tertiary alicyclic amines) is 2. The summed E-state index contributed by atoms with van der Waals surface area (Å²) in [7, 11) is 0. The number of carbonyl (C=O) groups is 11. The molecule has 324 valence electrons. The minimum atomic E-state index is -1.59. The summed E-state index contributed by atoms with van der Waals surface area (Å²) >= 11 is 0. The molecule has 2 aliphatic heterocycles. The van der Waals surface area contributed by atoms with Crippen molar-refractivity contribution in [2.45, 2.75) is 103 Å². The van der Waals surface area contributed by atoms with Crippen molar-refractivity contribution in [3.05, 3.63) is 12.2 Å². The zero-order valence-corrected chi connectivity index (χ0v) is 33.3. The molecule has 4 rings (SSSR count). The van der Waals surface area contributed by atoms with Gasteiger partial charge in [-0.1, -0.05) is 39.8 Å². The SMILES string of the molecule is CC(C)[C@H](NC(=O)[C@H](CCC(=O)O)NC(=O)[C@@H]1CCCN1C(=O)[C@@H](NC(=O)CNC(=O)CN1C(=O)C2C3C=CC(C3)C2C1=O)C(C)C)C(=O)N[C@@H](CCC(=O)O)C(=O)O. The molecule has 0 radical (unpaired) electrons. The first kappa shape index (κ1) is 45.8.